The van der Waals surface area contributed by atoms with Gasteiger partial charge >= 0.3 is 4.87 Å². The lowest BCUT2D eigenvalue weighted by Gasteiger charge is -2.06. The first-order chi connectivity index (χ1) is 8.50. The van der Waals surface area contributed by atoms with E-state index in [1.54, 1.807) is 10.6 Å². The van der Waals surface area contributed by atoms with Gasteiger partial charge in [-0.15, -0.1) is 0 Å². The van der Waals surface area contributed by atoms with Gasteiger partial charge < -0.3 is 0 Å². The van der Waals surface area contributed by atoms with E-state index in [0.717, 1.165) is 16.1 Å². The summed E-state index contributed by atoms with van der Waals surface area (Å²) in [6.07, 6.45) is 0. The minimum Gasteiger partial charge on any atom is -0.295 e. The average Bonchev–Trinajstić information content (AvgIpc) is 2.56. The number of carbonyl (C=O) groups is 1. The number of carbonyl (C=O) groups excluding carboxylic acids is 1. The lowest BCUT2D eigenvalue weighted by Crippen LogP contribution is -2.21. The van der Waals surface area contributed by atoms with Gasteiger partial charge in [-0.3, -0.25) is 14.2 Å². The molecule has 1 aromatic carbocycles. The number of hydrogen-bond acceptors (Lipinski definition) is 3. The van der Waals surface area contributed by atoms with Crippen LogP contribution in [0.2, 0.25) is 0 Å². The molecule has 0 atom stereocenters. The fourth-order valence-corrected chi connectivity index (χ4v) is 2.72. The van der Waals surface area contributed by atoms with E-state index in [1.165, 1.54) is 11.3 Å². The van der Waals surface area contributed by atoms with E-state index in [9.17, 15) is 9.59 Å². The Balaban J connectivity index is 2.33. The molecule has 0 aliphatic carbocycles. The Kier molecular flexibility index (Phi) is 3.48. The molecule has 18 heavy (non-hydrogen) atoms. The van der Waals surface area contributed by atoms with Crippen LogP contribution in [0.3, 0.4) is 0 Å². The molecule has 0 radical (unpaired) electrons. The standard InChI is InChI=1S/C14H15NO2S/c1-9-6-4-5-7-12(9)13(16)8-15-10(2)11(3)18-14(15)17/h4-7H,8H2,1-3H3. The Hall–Kier alpha value is -1.68. The van der Waals surface area contributed by atoms with Crippen LogP contribution in [-0.2, 0) is 6.54 Å². The summed E-state index contributed by atoms with van der Waals surface area (Å²) >= 11 is 1.19. The molecule has 0 unspecified atom stereocenters. The number of aromatic nitrogens is 1. The molecule has 0 saturated carbocycles. The molecule has 1 heterocycles. The molecule has 0 fully saturated rings. The maximum Gasteiger partial charge on any atom is 0.307 e. The van der Waals surface area contributed by atoms with Crippen LogP contribution < -0.4 is 4.87 Å². The highest BCUT2D eigenvalue weighted by atomic mass is 32.1. The molecule has 0 spiro atoms. The zero-order chi connectivity index (χ0) is 13.3. The molecule has 0 aliphatic rings. The largest absolute Gasteiger partial charge is 0.307 e. The minimum atomic E-state index is -0.0630. The van der Waals surface area contributed by atoms with E-state index in [1.807, 2.05) is 39.0 Å². The molecule has 2 aromatic rings. The molecule has 3 nitrogen and oxygen atoms in total. The number of hydrogen-bond donors (Lipinski definition) is 0. The van der Waals surface area contributed by atoms with Crippen molar-refractivity contribution in [3.05, 3.63) is 55.6 Å². The van der Waals surface area contributed by atoms with Crippen molar-refractivity contribution >= 4 is 17.1 Å². The van der Waals surface area contributed by atoms with Crippen molar-refractivity contribution in [1.29, 1.82) is 0 Å². The number of nitrogens with zero attached hydrogens (tertiary/aromatic N) is 1. The highest BCUT2D eigenvalue weighted by Crippen LogP contribution is 2.12. The predicted octanol–water partition coefficient (Wildman–Crippen LogP) is 2.72. The van der Waals surface area contributed by atoms with Gasteiger partial charge in [0.05, 0.1) is 6.54 Å². The SMILES string of the molecule is Cc1ccccc1C(=O)Cn1c(C)c(C)sc1=O. The number of Topliss-reactive ketones (excluding diaryl/α,β-unsaturated/α-hetero) is 1. The highest BCUT2D eigenvalue weighted by Gasteiger charge is 2.14. The van der Waals surface area contributed by atoms with Crippen molar-refractivity contribution < 1.29 is 4.79 Å². The number of benzene rings is 1. The number of rotatable bonds is 3. The predicted molar refractivity (Wildman–Crippen MR) is 73.6 cm³/mol. The first-order valence-electron chi connectivity index (χ1n) is 5.76. The third kappa shape index (κ3) is 2.29. The maximum absolute atomic E-state index is 12.2. The van der Waals surface area contributed by atoms with Crippen LogP contribution in [0.1, 0.15) is 26.5 Å². The van der Waals surface area contributed by atoms with Crippen LogP contribution in [0.5, 0.6) is 0 Å². The van der Waals surface area contributed by atoms with E-state index in [-0.39, 0.29) is 17.2 Å². The zero-order valence-corrected chi connectivity index (χ0v) is 11.5. The summed E-state index contributed by atoms with van der Waals surface area (Å²) in [6.45, 7) is 5.80. The van der Waals surface area contributed by atoms with E-state index in [4.69, 9.17) is 0 Å². The smallest absolute Gasteiger partial charge is 0.295 e. The van der Waals surface area contributed by atoms with Gasteiger partial charge in [0, 0.05) is 16.1 Å². The molecule has 1 aromatic heterocycles. The monoisotopic (exact) mass is 261 g/mol. The summed E-state index contributed by atoms with van der Waals surface area (Å²) < 4.78 is 1.55. The molecule has 94 valence electrons. The Bertz CT molecular complexity index is 652. The normalized spacial score (nSPS) is 10.6. The summed E-state index contributed by atoms with van der Waals surface area (Å²) in [5.74, 6) is -0.0175. The van der Waals surface area contributed by atoms with Crippen molar-refractivity contribution in [2.24, 2.45) is 0 Å². The first-order valence-corrected chi connectivity index (χ1v) is 6.58. The fraction of sp³-hybridized carbons (Fsp3) is 0.286. The number of aryl methyl sites for hydroxylation is 2. The maximum atomic E-state index is 12.2. The van der Waals surface area contributed by atoms with Gasteiger partial charge in [0.1, 0.15) is 0 Å². The minimum absolute atomic E-state index is 0.0175. The number of thiazole rings is 1. The Morgan fingerprint density at radius 1 is 1.22 bits per heavy atom. The van der Waals surface area contributed by atoms with Gasteiger partial charge in [-0.1, -0.05) is 35.6 Å². The zero-order valence-electron chi connectivity index (χ0n) is 10.7. The van der Waals surface area contributed by atoms with Crippen molar-refractivity contribution in [3.63, 3.8) is 0 Å². The van der Waals surface area contributed by atoms with Crippen molar-refractivity contribution in [2.45, 2.75) is 27.3 Å². The third-order valence-electron chi connectivity index (χ3n) is 3.12. The second-order valence-corrected chi connectivity index (χ2v) is 5.50. The Morgan fingerprint density at radius 3 is 2.44 bits per heavy atom. The Labute approximate surface area is 110 Å². The van der Waals surface area contributed by atoms with Gasteiger partial charge in [-0.2, -0.15) is 0 Å². The first kappa shape index (κ1) is 12.8. The van der Waals surface area contributed by atoms with Crippen molar-refractivity contribution in [3.8, 4) is 0 Å². The molecule has 4 heteroatoms. The van der Waals surface area contributed by atoms with Crippen molar-refractivity contribution in [2.75, 3.05) is 0 Å². The lowest BCUT2D eigenvalue weighted by molar-refractivity contribution is 0.0970. The molecule has 0 saturated heterocycles. The van der Waals surface area contributed by atoms with Crippen LogP contribution in [0.25, 0.3) is 0 Å². The lowest BCUT2D eigenvalue weighted by atomic mass is 10.1. The highest BCUT2D eigenvalue weighted by molar-refractivity contribution is 7.09. The molecule has 0 N–H and O–H groups in total. The van der Waals surface area contributed by atoms with E-state index < -0.39 is 0 Å². The Morgan fingerprint density at radius 2 is 1.89 bits per heavy atom. The van der Waals surface area contributed by atoms with Crippen LogP contribution in [0, 0.1) is 20.8 Å². The molecule has 0 bridgehead atoms. The van der Waals surface area contributed by atoms with Crippen LogP contribution in [0.4, 0.5) is 0 Å². The summed E-state index contributed by atoms with van der Waals surface area (Å²) in [4.78, 5) is 24.8. The molecule has 0 aliphatic heterocycles. The van der Waals surface area contributed by atoms with Gasteiger partial charge in [0.25, 0.3) is 0 Å². The summed E-state index contributed by atoms with van der Waals surface area (Å²) in [5.41, 5.74) is 2.51. The van der Waals surface area contributed by atoms with E-state index in [2.05, 4.69) is 0 Å². The van der Waals surface area contributed by atoms with Crippen LogP contribution >= 0.6 is 11.3 Å². The van der Waals surface area contributed by atoms with E-state index >= 15 is 0 Å². The third-order valence-corrected chi connectivity index (χ3v) is 4.12. The second kappa shape index (κ2) is 4.90. The fourth-order valence-electron chi connectivity index (χ4n) is 1.88. The molecular formula is C14H15NO2S. The van der Waals surface area contributed by atoms with Gasteiger partial charge in [0.15, 0.2) is 5.78 Å². The van der Waals surface area contributed by atoms with Gasteiger partial charge in [0.2, 0.25) is 0 Å². The quantitative estimate of drug-likeness (QED) is 0.797. The van der Waals surface area contributed by atoms with Crippen LogP contribution in [0.15, 0.2) is 29.1 Å². The van der Waals surface area contributed by atoms with Crippen LogP contribution in [-0.4, -0.2) is 10.4 Å². The van der Waals surface area contributed by atoms with Gasteiger partial charge in [-0.25, -0.2) is 0 Å². The van der Waals surface area contributed by atoms with Gasteiger partial charge in [-0.05, 0) is 26.3 Å². The van der Waals surface area contributed by atoms with E-state index in [0.29, 0.717) is 5.56 Å². The average molecular weight is 261 g/mol. The molecule has 2 rings (SSSR count). The summed E-state index contributed by atoms with van der Waals surface area (Å²) in [6, 6.07) is 7.45. The summed E-state index contributed by atoms with van der Waals surface area (Å²) in [7, 11) is 0. The summed E-state index contributed by atoms with van der Waals surface area (Å²) in [5, 5.41) is 0. The molecular weight excluding hydrogens is 246 g/mol. The second-order valence-electron chi connectivity index (χ2n) is 4.33. The molecule has 0 amide bonds. The number of ketones is 1. The van der Waals surface area contributed by atoms with Crippen molar-refractivity contribution in [1.82, 2.24) is 4.57 Å². The topological polar surface area (TPSA) is 39.1 Å².